The van der Waals surface area contributed by atoms with E-state index in [0.29, 0.717) is 0 Å². The van der Waals surface area contributed by atoms with Crippen molar-refractivity contribution in [1.82, 2.24) is 10.2 Å². The lowest BCUT2D eigenvalue weighted by Crippen LogP contribution is -2.43. The molecule has 0 fully saturated rings. The van der Waals surface area contributed by atoms with E-state index in [-0.39, 0.29) is 12.6 Å². The lowest BCUT2D eigenvalue weighted by atomic mass is 10.3. The van der Waals surface area contributed by atoms with Crippen LogP contribution in [0.1, 0.15) is 6.92 Å². The summed E-state index contributed by atoms with van der Waals surface area (Å²) in [5.41, 5.74) is 4.72. The number of hydrogen-bond donors (Lipinski definition) is 2. The van der Waals surface area contributed by atoms with Crippen LogP contribution in [0.25, 0.3) is 0 Å². The Kier molecular flexibility index (Phi) is 4.48. The van der Waals surface area contributed by atoms with Crippen molar-refractivity contribution in [3.8, 4) is 6.07 Å². The smallest absolute Gasteiger partial charge is 0.318 e. The highest BCUT2D eigenvalue weighted by atomic mass is 16.2. The molecule has 1 atom stereocenters. The van der Waals surface area contributed by atoms with Gasteiger partial charge >= 0.3 is 6.03 Å². The van der Waals surface area contributed by atoms with E-state index in [1.54, 1.807) is 14.0 Å². The van der Waals surface area contributed by atoms with Gasteiger partial charge in [-0.1, -0.05) is 0 Å². The predicted molar refractivity (Wildman–Crippen MR) is 45.4 cm³/mol. The molecule has 0 aromatic rings. The Morgan fingerprint density at radius 2 is 2.23 bits per heavy atom. The summed E-state index contributed by atoms with van der Waals surface area (Å²) in [6.45, 7) is 1.62. The number of imide groups is 1. The van der Waals surface area contributed by atoms with Gasteiger partial charge < -0.3 is 5.73 Å². The molecular formula is C7H12N4O2. The number of carbonyl (C=O) groups is 2. The third-order valence-electron chi connectivity index (χ3n) is 1.50. The van der Waals surface area contributed by atoms with Crippen molar-refractivity contribution in [3.63, 3.8) is 0 Å². The Morgan fingerprint density at radius 1 is 1.69 bits per heavy atom. The zero-order chi connectivity index (χ0) is 10.4. The Bertz CT molecular complexity index is 245. The molecule has 0 aliphatic rings. The SMILES string of the molecule is CC(C#N)N(C)CC(=O)NC(N)=O. The summed E-state index contributed by atoms with van der Waals surface area (Å²) in [5, 5.41) is 10.4. The standard InChI is InChI=1S/C7H12N4O2/c1-5(3-8)11(2)4-6(12)10-7(9)13/h5H,4H2,1-2H3,(H3,9,10,12,13). The van der Waals surface area contributed by atoms with Crippen molar-refractivity contribution in [2.45, 2.75) is 13.0 Å². The first kappa shape index (κ1) is 11.4. The summed E-state index contributed by atoms with van der Waals surface area (Å²) in [6.07, 6.45) is 0. The fraction of sp³-hybridized carbons (Fsp3) is 0.571. The summed E-state index contributed by atoms with van der Waals surface area (Å²) >= 11 is 0. The number of likely N-dealkylation sites (N-methyl/N-ethyl adjacent to an activating group) is 1. The van der Waals surface area contributed by atoms with Gasteiger partial charge in [-0.2, -0.15) is 5.26 Å². The Hall–Kier alpha value is -1.61. The minimum absolute atomic E-state index is 0.0301. The molecule has 3 amide bonds. The molecule has 0 saturated heterocycles. The number of nitrogens with one attached hydrogen (secondary N) is 1. The number of primary amides is 1. The molecule has 0 aromatic carbocycles. The van der Waals surface area contributed by atoms with Crippen LogP contribution in [-0.4, -0.2) is 36.5 Å². The number of amides is 3. The normalized spacial score (nSPS) is 11.8. The van der Waals surface area contributed by atoms with Gasteiger partial charge in [0, 0.05) is 0 Å². The highest BCUT2D eigenvalue weighted by molar-refractivity contribution is 5.94. The first-order valence-electron chi connectivity index (χ1n) is 3.66. The quantitative estimate of drug-likeness (QED) is 0.589. The molecule has 0 aromatic heterocycles. The second kappa shape index (κ2) is 5.11. The summed E-state index contributed by atoms with van der Waals surface area (Å²) < 4.78 is 0. The molecule has 0 spiro atoms. The molecule has 0 bridgehead atoms. The van der Waals surface area contributed by atoms with Crippen molar-refractivity contribution >= 4 is 11.9 Å². The molecule has 1 unspecified atom stereocenters. The van der Waals surface area contributed by atoms with Crippen molar-refractivity contribution in [2.75, 3.05) is 13.6 Å². The third-order valence-corrected chi connectivity index (χ3v) is 1.50. The van der Waals surface area contributed by atoms with Gasteiger partial charge in [-0.05, 0) is 14.0 Å². The molecule has 0 heterocycles. The van der Waals surface area contributed by atoms with E-state index in [2.05, 4.69) is 0 Å². The van der Waals surface area contributed by atoms with Crippen molar-refractivity contribution in [2.24, 2.45) is 5.73 Å². The van der Waals surface area contributed by atoms with Gasteiger partial charge in [0.05, 0.1) is 18.7 Å². The zero-order valence-electron chi connectivity index (χ0n) is 7.57. The average molecular weight is 184 g/mol. The molecule has 0 saturated carbocycles. The van der Waals surface area contributed by atoms with Crippen LogP contribution in [0.5, 0.6) is 0 Å². The van der Waals surface area contributed by atoms with Crippen LogP contribution >= 0.6 is 0 Å². The number of carbonyl (C=O) groups excluding carboxylic acids is 2. The van der Waals surface area contributed by atoms with E-state index in [0.717, 1.165) is 0 Å². The zero-order valence-corrected chi connectivity index (χ0v) is 7.57. The monoisotopic (exact) mass is 184 g/mol. The number of urea groups is 1. The maximum Gasteiger partial charge on any atom is 0.318 e. The van der Waals surface area contributed by atoms with Crippen LogP contribution < -0.4 is 11.1 Å². The Morgan fingerprint density at radius 3 is 2.62 bits per heavy atom. The van der Waals surface area contributed by atoms with Crippen LogP contribution in [0.4, 0.5) is 4.79 Å². The number of nitrogens with two attached hydrogens (primary N) is 1. The number of hydrogen-bond acceptors (Lipinski definition) is 4. The summed E-state index contributed by atoms with van der Waals surface area (Å²) in [6, 6.07) is 0.691. The largest absolute Gasteiger partial charge is 0.351 e. The van der Waals surface area contributed by atoms with Crippen molar-refractivity contribution in [1.29, 1.82) is 5.26 Å². The van der Waals surface area contributed by atoms with Crippen LogP contribution in [0.3, 0.4) is 0 Å². The third kappa shape index (κ3) is 4.76. The van der Waals surface area contributed by atoms with E-state index in [1.165, 1.54) is 4.90 Å². The number of rotatable bonds is 3. The second-order valence-corrected chi connectivity index (χ2v) is 2.63. The van der Waals surface area contributed by atoms with E-state index in [4.69, 9.17) is 11.0 Å². The van der Waals surface area contributed by atoms with Gasteiger partial charge in [-0.25, -0.2) is 4.79 Å². The van der Waals surface area contributed by atoms with Gasteiger partial charge in [0.15, 0.2) is 0 Å². The van der Waals surface area contributed by atoms with E-state index < -0.39 is 11.9 Å². The minimum atomic E-state index is -0.886. The molecule has 0 radical (unpaired) electrons. The molecule has 6 nitrogen and oxygen atoms in total. The number of nitriles is 1. The van der Waals surface area contributed by atoms with E-state index >= 15 is 0 Å². The van der Waals surface area contributed by atoms with Gasteiger partial charge in [0.1, 0.15) is 0 Å². The van der Waals surface area contributed by atoms with Crippen molar-refractivity contribution in [3.05, 3.63) is 0 Å². The first-order chi connectivity index (χ1) is 5.97. The Balaban J connectivity index is 3.93. The first-order valence-corrected chi connectivity index (χ1v) is 3.66. The van der Waals surface area contributed by atoms with Crippen LogP contribution in [0.15, 0.2) is 0 Å². The Labute approximate surface area is 76.3 Å². The summed E-state index contributed by atoms with van der Waals surface area (Å²) in [4.78, 5) is 22.7. The summed E-state index contributed by atoms with van der Waals surface area (Å²) in [7, 11) is 1.61. The second-order valence-electron chi connectivity index (χ2n) is 2.63. The van der Waals surface area contributed by atoms with Gasteiger partial charge in [0.2, 0.25) is 5.91 Å². The fourth-order valence-corrected chi connectivity index (χ4v) is 0.639. The van der Waals surface area contributed by atoms with Gasteiger partial charge in [0.25, 0.3) is 0 Å². The maximum absolute atomic E-state index is 10.9. The fourth-order valence-electron chi connectivity index (χ4n) is 0.639. The molecule has 0 aliphatic heterocycles. The molecular weight excluding hydrogens is 172 g/mol. The van der Waals surface area contributed by atoms with Crippen LogP contribution in [-0.2, 0) is 4.79 Å². The molecule has 0 rings (SSSR count). The van der Waals surface area contributed by atoms with Crippen LogP contribution in [0.2, 0.25) is 0 Å². The highest BCUT2D eigenvalue weighted by Gasteiger charge is 2.12. The van der Waals surface area contributed by atoms with Gasteiger partial charge in [-0.3, -0.25) is 15.0 Å². The van der Waals surface area contributed by atoms with E-state index in [9.17, 15) is 9.59 Å². The molecule has 72 valence electrons. The summed E-state index contributed by atoms with van der Waals surface area (Å²) in [5.74, 6) is -0.517. The van der Waals surface area contributed by atoms with Crippen LogP contribution in [0, 0.1) is 11.3 Å². The highest BCUT2D eigenvalue weighted by Crippen LogP contribution is 1.91. The predicted octanol–water partition coefficient (Wildman–Crippen LogP) is -0.975. The molecule has 13 heavy (non-hydrogen) atoms. The lowest BCUT2D eigenvalue weighted by molar-refractivity contribution is -0.121. The molecule has 0 aliphatic carbocycles. The maximum atomic E-state index is 10.9. The topological polar surface area (TPSA) is 99.2 Å². The molecule has 3 N–H and O–H groups in total. The molecule has 6 heteroatoms. The van der Waals surface area contributed by atoms with E-state index in [1.807, 2.05) is 11.4 Å². The van der Waals surface area contributed by atoms with Gasteiger partial charge in [-0.15, -0.1) is 0 Å². The minimum Gasteiger partial charge on any atom is -0.351 e. The lowest BCUT2D eigenvalue weighted by Gasteiger charge is -2.17. The van der Waals surface area contributed by atoms with Crippen molar-refractivity contribution < 1.29 is 9.59 Å². The number of nitrogens with zero attached hydrogens (tertiary/aromatic N) is 2. The average Bonchev–Trinajstić information content (AvgIpc) is 2.01.